The van der Waals surface area contributed by atoms with Gasteiger partial charge in [-0.1, -0.05) is 6.07 Å². The molecule has 2 aliphatic heterocycles. The number of pyridine rings is 1. The molecule has 2 aromatic heterocycles. The molecule has 7 nitrogen and oxygen atoms in total. The third-order valence-corrected chi connectivity index (χ3v) is 6.19. The average Bonchev–Trinajstić information content (AvgIpc) is 3.48. The number of hydrogen-bond donors (Lipinski definition) is 1. The highest BCUT2D eigenvalue weighted by molar-refractivity contribution is 7.13. The molecular formula is C22H22N4O3S. The van der Waals surface area contributed by atoms with E-state index in [9.17, 15) is 4.79 Å². The summed E-state index contributed by atoms with van der Waals surface area (Å²) in [4.78, 5) is 23.9. The summed E-state index contributed by atoms with van der Waals surface area (Å²) >= 11 is 1.45. The van der Waals surface area contributed by atoms with Crippen LogP contribution >= 0.6 is 11.3 Å². The Morgan fingerprint density at radius 1 is 1.10 bits per heavy atom. The van der Waals surface area contributed by atoms with Crippen LogP contribution in [0.15, 0.2) is 41.9 Å². The van der Waals surface area contributed by atoms with E-state index in [1.165, 1.54) is 30.6 Å². The molecule has 1 amide bonds. The number of piperidine rings is 1. The lowest BCUT2D eigenvalue weighted by Crippen LogP contribution is -2.29. The van der Waals surface area contributed by atoms with Gasteiger partial charge in [0.15, 0.2) is 11.5 Å². The Hall–Kier alpha value is -3.13. The molecule has 8 heteroatoms. The number of rotatable bonds is 5. The number of ether oxygens (including phenoxy) is 2. The van der Waals surface area contributed by atoms with Crippen LogP contribution in [0.3, 0.4) is 0 Å². The van der Waals surface area contributed by atoms with Gasteiger partial charge in [-0.2, -0.15) is 0 Å². The summed E-state index contributed by atoms with van der Waals surface area (Å²) in [5.41, 5.74) is 2.28. The Morgan fingerprint density at radius 2 is 1.97 bits per heavy atom. The van der Waals surface area contributed by atoms with Crippen molar-refractivity contribution in [2.75, 3.05) is 24.8 Å². The molecule has 0 unspecified atom stereocenters. The zero-order valence-corrected chi connectivity index (χ0v) is 17.3. The zero-order valence-electron chi connectivity index (χ0n) is 16.5. The smallest absolute Gasteiger partial charge is 0.271 e. The first-order chi connectivity index (χ1) is 14.8. The van der Waals surface area contributed by atoms with Crippen LogP contribution in [-0.2, 0) is 6.54 Å². The van der Waals surface area contributed by atoms with Gasteiger partial charge in [0.25, 0.3) is 5.91 Å². The number of carbonyl (C=O) groups excluding carboxylic acids is 1. The first-order valence-electron chi connectivity index (χ1n) is 10.1. The van der Waals surface area contributed by atoms with Crippen LogP contribution in [0, 0.1) is 0 Å². The van der Waals surface area contributed by atoms with Crippen molar-refractivity contribution in [2.45, 2.75) is 25.8 Å². The van der Waals surface area contributed by atoms with Gasteiger partial charge in [0.1, 0.15) is 16.5 Å². The van der Waals surface area contributed by atoms with Gasteiger partial charge in [0.05, 0.1) is 0 Å². The fourth-order valence-electron chi connectivity index (χ4n) is 3.66. The maximum Gasteiger partial charge on any atom is 0.271 e. The molecule has 5 rings (SSSR count). The van der Waals surface area contributed by atoms with Crippen molar-refractivity contribution >= 4 is 23.1 Å². The fraction of sp³-hybridized carbons (Fsp3) is 0.318. The van der Waals surface area contributed by atoms with E-state index in [-0.39, 0.29) is 12.7 Å². The fourth-order valence-corrected chi connectivity index (χ4v) is 4.45. The number of thiazole rings is 1. The lowest BCUT2D eigenvalue weighted by molar-refractivity contribution is 0.0946. The molecule has 3 aromatic rings. The first kappa shape index (κ1) is 18.9. The Morgan fingerprint density at radius 3 is 2.80 bits per heavy atom. The summed E-state index contributed by atoms with van der Waals surface area (Å²) in [6, 6.07) is 9.72. The molecule has 1 saturated heterocycles. The molecule has 0 atom stereocenters. The molecule has 4 heterocycles. The number of hydrogen-bond acceptors (Lipinski definition) is 7. The van der Waals surface area contributed by atoms with Crippen molar-refractivity contribution in [3.63, 3.8) is 0 Å². The molecule has 1 aromatic carbocycles. The molecule has 1 N–H and O–H groups in total. The predicted octanol–water partition coefficient (Wildman–Crippen LogP) is 3.85. The molecule has 0 bridgehead atoms. The Bertz CT molecular complexity index is 1040. The lowest BCUT2D eigenvalue weighted by atomic mass is 10.1. The van der Waals surface area contributed by atoms with Crippen molar-refractivity contribution in [3.05, 3.63) is 53.2 Å². The highest BCUT2D eigenvalue weighted by Gasteiger charge is 2.16. The summed E-state index contributed by atoms with van der Waals surface area (Å²) in [5, 5.41) is 5.48. The number of amides is 1. The number of fused-ring (bicyclic) bond motifs is 1. The van der Waals surface area contributed by atoms with Gasteiger partial charge in [-0.25, -0.2) is 9.97 Å². The first-order valence-corrected chi connectivity index (χ1v) is 11.0. The van der Waals surface area contributed by atoms with E-state index in [0.717, 1.165) is 40.8 Å². The topological polar surface area (TPSA) is 76.6 Å². The maximum absolute atomic E-state index is 12.5. The van der Waals surface area contributed by atoms with E-state index in [1.807, 2.05) is 36.5 Å². The van der Waals surface area contributed by atoms with E-state index in [1.54, 1.807) is 5.38 Å². The molecular weight excluding hydrogens is 400 g/mol. The average molecular weight is 423 g/mol. The van der Waals surface area contributed by atoms with E-state index in [0.29, 0.717) is 18.0 Å². The molecule has 0 radical (unpaired) electrons. The van der Waals surface area contributed by atoms with Crippen LogP contribution in [0.5, 0.6) is 11.5 Å². The number of aromatic nitrogens is 2. The zero-order chi connectivity index (χ0) is 20.3. The quantitative estimate of drug-likeness (QED) is 0.673. The van der Waals surface area contributed by atoms with E-state index < -0.39 is 0 Å². The minimum absolute atomic E-state index is 0.201. The van der Waals surface area contributed by atoms with Gasteiger partial charge in [-0.05, 0) is 49.1 Å². The van der Waals surface area contributed by atoms with Crippen LogP contribution in [0.1, 0.15) is 35.3 Å². The lowest BCUT2D eigenvalue weighted by Gasteiger charge is -2.27. The summed E-state index contributed by atoms with van der Waals surface area (Å²) in [7, 11) is 0. The monoisotopic (exact) mass is 422 g/mol. The van der Waals surface area contributed by atoms with Crippen LogP contribution in [0.2, 0.25) is 0 Å². The second-order valence-corrected chi connectivity index (χ2v) is 8.22. The van der Waals surface area contributed by atoms with Gasteiger partial charge in [0, 0.05) is 36.8 Å². The van der Waals surface area contributed by atoms with Crippen LogP contribution in [-0.4, -0.2) is 35.8 Å². The van der Waals surface area contributed by atoms with Gasteiger partial charge >= 0.3 is 0 Å². The highest BCUT2D eigenvalue weighted by atomic mass is 32.1. The summed E-state index contributed by atoms with van der Waals surface area (Å²) in [5.74, 6) is 2.25. The van der Waals surface area contributed by atoms with E-state index in [4.69, 9.17) is 9.47 Å². The number of nitrogens with zero attached hydrogens (tertiary/aromatic N) is 3. The van der Waals surface area contributed by atoms with E-state index >= 15 is 0 Å². The highest BCUT2D eigenvalue weighted by Crippen LogP contribution is 2.32. The molecule has 0 spiro atoms. The van der Waals surface area contributed by atoms with Gasteiger partial charge in [-0.15, -0.1) is 11.3 Å². The molecule has 2 aliphatic rings. The van der Waals surface area contributed by atoms with Gasteiger partial charge in [-0.3, -0.25) is 4.79 Å². The van der Waals surface area contributed by atoms with Crippen LogP contribution < -0.4 is 19.7 Å². The van der Waals surface area contributed by atoms with Crippen LogP contribution in [0.4, 0.5) is 5.82 Å². The largest absolute Gasteiger partial charge is 0.454 e. The summed E-state index contributed by atoms with van der Waals surface area (Å²) in [6.07, 6.45) is 5.59. The normalized spacial score (nSPS) is 15.3. The Labute approximate surface area is 178 Å². The van der Waals surface area contributed by atoms with Crippen molar-refractivity contribution < 1.29 is 14.3 Å². The Balaban J connectivity index is 1.22. The van der Waals surface area contributed by atoms with Crippen molar-refractivity contribution in [2.24, 2.45) is 0 Å². The van der Waals surface area contributed by atoms with Crippen molar-refractivity contribution in [3.8, 4) is 22.1 Å². The standard InChI is InChI=1S/C22H22N4O3S/c27-21(24-11-15-4-6-18-19(10-15)29-14-28-18)17-13-30-22(25-17)16-5-7-20(23-12-16)26-8-2-1-3-9-26/h4-7,10,12-13H,1-3,8-9,11,14H2,(H,24,27). The third-order valence-electron chi connectivity index (χ3n) is 5.30. The predicted molar refractivity (Wildman–Crippen MR) is 115 cm³/mol. The Kier molecular flexibility index (Phi) is 5.23. The second kappa shape index (κ2) is 8.31. The van der Waals surface area contributed by atoms with E-state index in [2.05, 4.69) is 20.2 Å². The molecule has 30 heavy (non-hydrogen) atoms. The minimum atomic E-state index is -0.201. The molecule has 154 valence electrons. The van der Waals surface area contributed by atoms with Crippen molar-refractivity contribution in [1.29, 1.82) is 0 Å². The van der Waals surface area contributed by atoms with Gasteiger partial charge < -0.3 is 19.7 Å². The third kappa shape index (κ3) is 3.95. The number of anilines is 1. The number of nitrogens with one attached hydrogen (secondary N) is 1. The SMILES string of the molecule is O=C(NCc1ccc2c(c1)OCO2)c1csc(-c2ccc(N3CCCCC3)nc2)n1. The summed E-state index contributed by atoms with van der Waals surface area (Å²) in [6.45, 7) is 2.77. The van der Waals surface area contributed by atoms with Crippen LogP contribution in [0.25, 0.3) is 10.6 Å². The molecule has 0 saturated carbocycles. The summed E-state index contributed by atoms with van der Waals surface area (Å²) < 4.78 is 10.7. The molecule has 1 fully saturated rings. The molecule has 0 aliphatic carbocycles. The number of carbonyl (C=O) groups is 1. The maximum atomic E-state index is 12.5. The number of benzene rings is 1. The second-order valence-electron chi connectivity index (χ2n) is 7.36. The van der Waals surface area contributed by atoms with Crippen molar-refractivity contribution in [1.82, 2.24) is 15.3 Å². The van der Waals surface area contributed by atoms with Gasteiger partial charge in [0.2, 0.25) is 6.79 Å². The minimum Gasteiger partial charge on any atom is -0.454 e.